The molecule has 3 aromatic rings. The second kappa shape index (κ2) is 11.3. The van der Waals surface area contributed by atoms with Crippen LogP contribution in [0.5, 0.6) is 23.0 Å². The molecule has 0 spiro atoms. The third-order valence-electron chi connectivity index (χ3n) is 5.85. The Hall–Kier alpha value is -3.85. The number of hydrogen-bond donors (Lipinski definition) is 1. The van der Waals surface area contributed by atoms with Crippen LogP contribution < -0.4 is 29.2 Å². The zero-order valence-corrected chi connectivity index (χ0v) is 21.4. The van der Waals surface area contributed by atoms with Gasteiger partial charge in [-0.1, -0.05) is 18.2 Å². The summed E-state index contributed by atoms with van der Waals surface area (Å²) in [6.07, 6.45) is 0.216. The van der Waals surface area contributed by atoms with Crippen LogP contribution >= 0.6 is 11.8 Å². The molecule has 1 aliphatic rings. The number of fused-ring (bicyclic) bond motifs is 1. The number of thioether (sulfide) groups is 1. The summed E-state index contributed by atoms with van der Waals surface area (Å²) in [5, 5.41) is 2.69. The van der Waals surface area contributed by atoms with Crippen LogP contribution in [0.15, 0.2) is 65.6 Å². The summed E-state index contributed by atoms with van der Waals surface area (Å²) in [7, 11) is 6.25. The fourth-order valence-electron chi connectivity index (χ4n) is 4.03. The van der Waals surface area contributed by atoms with Crippen LogP contribution in [0.4, 0.5) is 11.4 Å². The number of ether oxygens (including phenoxy) is 4. The van der Waals surface area contributed by atoms with Crippen LogP contribution in [0.25, 0.3) is 0 Å². The monoisotopic (exact) mass is 508 g/mol. The highest BCUT2D eigenvalue weighted by Crippen LogP contribution is 2.46. The molecule has 36 heavy (non-hydrogen) atoms. The molecule has 0 aliphatic carbocycles. The van der Waals surface area contributed by atoms with Crippen molar-refractivity contribution in [2.45, 2.75) is 16.6 Å². The van der Waals surface area contributed by atoms with Crippen LogP contribution in [0, 0.1) is 0 Å². The molecular weight excluding hydrogens is 480 g/mol. The first-order valence-corrected chi connectivity index (χ1v) is 12.1. The van der Waals surface area contributed by atoms with Gasteiger partial charge in [0.2, 0.25) is 11.8 Å². The summed E-state index contributed by atoms with van der Waals surface area (Å²) in [5.41, 5.74) is 2.14. The van der Waals surface area contributed by atoms with E-state index in [2.05, 4.69) is 5.32 Å². The van der Waals surface area contributed by atoms with Crippen LogP contribution in [0.2, 0.25) is 0 Å². The highest BCUT2D eigenvalue weighted by molar-refractivity contribution is 7.99. The maximum atomic E-state index is 13.5. The van der Waals surface area contributed by atoms with Crippen molar-refractivity contribution in [1.29, 1.82) is 0 Å². The maximum Gasteiger partial charge on any atom is 0.244 e. The van der Waals surface area contributed by atoms with Gasteiger partial charge in [-0.05, 0) is 42.0 Å². The normalized spacial score (nSPS) is 14.9. The standard InChI is InChI=1S/C27H28N2O6S/c1-32-18-10-11-19(22(14-18)34-3)28-26(30)16-29-20-7-5-6-8-24(20)36-25(15-27(29)31)17-9-12-21(33-2)23(13-17)35-4/h5-14,25H,15-16H2,1-4H3,(H,28,30)/t25-/m0/s1. The van der Waals surface area contributed by atoms with Gasteiger partial charge in [0.1, 0.15) is 18.0 Å². The Bertz CT molecular complexity index is 1260. The molecule has 8 nitrogen and oxygen atoms in total. The Balaban J connectivity index is 1.58. The van der Waals surface area contributed by atoms with Gasteiger partial charge in [-0.2, -0.15) is 0 Å². The van der Waals surface area contributed by atoms with Gasteiger partial charge in [0.15, 0.2) is 11.5 Å². The van der Waals surface area contributed by atoms with Gasteiger partial charge in [0, 0.05) is 22.6 Å². The molecule has 1 atom stereocenters. The topological polar surface area (TPSA) is 86.3 Å². The van der Waals surface area contributed by atoms with E-state index in [0.717, 1.165) is 10.5 Å². The summed E-state index contributed by atoms with van der Waals surface area (Å²) in [5.74, 6) is 1.82. The van der Waals surface area contributed by atoms with E-state index in [-0.39, 0.29) is 30.0 Å². The molecule has 9 heteroatoms. The van der Waals surface area contributed by atoms with Crippen molar-refractivity contribution in [3.05, 3.63) is 66.2 Å². The molecule has 0 radical (unpaired) electrons. The molecule has 0 fully saturated rings. The van der Waals surface area contributed by atoms with E-state index in [0.29, 0.717) is 34.4 Å². The van der Waals surface area contributed by atoms with Gasteiger partial charge in [-0.3, -0.25) is 9.59 Å². The van der Waals surface area contributed by atoms with Gasteiger partial charge in [0.05, 0.1) is 39.8 Å². The predicted octanol–water partition coefficient (Wildman–Crippen LogP) is 4.93. The average molecular weight is 509 g/mol. The first-order valence-electron chi connectivity index (χ1n) is 11.3. The number of amides is 2. The average Bonchev–Trinajstić information content (AvgIpc) is 3.04. The second-order valence-electron chi connectivity index (χ2n) is 7.99. The number of anilines is 2. The molecule has 1 heterocycles. The van der Waals surface area contributed by atoms with Crippen LogP contribution in [-0.2, 0) is 9.59 Å². The van der Waals surface area contributed by atoms with Crippen molar-refractivity contribution < 1.29 is 28.5 Å². The minimum Gasteiger partial charge on any atom is -0.497 e. The molecule has 0 unspecified atom stereocenters. The SMILES string of the molecule is COc1ccc(NC(=O)CN2C(=O)C[C@@H](c3ccc(OC)c(OC)c3)Sc3ccccc32)c(OC)c1. The lowest BCUT2D eigenvalue weighted by molar-refractivity contribution is -0.121. The minimum absolute atomic E-state index is 0.135. The Morgan fingerprint density at radius 2 is 1.67 bits per heavy atom. The quantitative estimate of drug-likeness (QED) is 0.462. The third kappa shape index (κ3) is 5.36. The van der Waals surface area contributed by atoms with E-state index < -0.39 is 0 Å². The fraction of sp³-hybridized carbons (Fsp3) is 0.259. The number of methoxy groups -OCH3 is 4. The fourth-order valence-corrected chi connectivity index (χ4v) is 5.30. The van der Waals surface area contributed by atoms with Gasteiger partial charge >= 0.3 is 0 Å². The number of hydrogen-bond acceptors (Lipinski definition) is 7. The van der Waals surface area contributed by atoms with E-state index in [1.54, 1.807) is 51.3 Å². The van der Waals surface area contributed by atoms with E-state index >= 15 is 0 Å². The van der Waals surface area contributed by atoms with Crippen LogP contribution in [0.3, 0.4) is 0 Å². The number of rotatable bonds is 8. The number of benzene rings is 3. The van der Waals surface area contributed by atoms with E-state index in [9.17, 15) is 9.59 Å². The van der Waals surface area contributed by atoms with Crippen molar-refractivity contribution >= 4 is 35.0 Å². The molecule has 1 aliphatic heterocycles. The molecular formula is C27H28N2O6S. The molecule has 2 amide bonds. The first-order chi connectivity index (χ1) is 17.5. The first kappa shape index (κ1) is 25.2. The van der Waals surface area contributed by atoms with Gasteiger partial charge in [0.25, 0.3) is 0 Å². The summed E-state index contributed by atoms with van der Waals surface area (Å²) in [4.78, 5) is 29.0. The lowest BCUT2D eigenvalue weighted by Gasteiger charge is -2.22. The van der Waals surface area contributed by atoms with Gasteiger partial charge in [-0.25, -0.2) is 0 Å². The molecule has 3 aromatic carbocycles. The lowest BCUT2D eigenvalue weighted by atomic mass is 10.1. The molecule has 1 N–H and O–H groups in total. The maximum absolute atomic E-state index is 13.5. The number of carbonyl (C=O) groups is 2. The Labute approximate surface area is 214 Å². The summed E-state index contributed by atoms with van der Waals surface area (Å²) in [6, 6.07) is 18.4. The smallest absolute Gasteiger partial charge is 0.244 e. The highest BCUT2D eigenvalue weighted by atomic mass is 32.2. The van der Waals surface area contributed by atoms with Crippen molar-refractivity contribution in [1.82, 2.24) is 0 Å². The van der Waals surface area contributed by atoms with Gasteiger partial charge < -0.3 is 29.2 Å². The number of para-hydroxylation sites is 1. The van der Waals surface area contributed by atoms with Crippen molar-refractivity contribution in [3.63, 3.8) is 0 Å². The summed E-state index contributed by atoms with van der Waals surface area (Å²) >= 11 is 1.59. The van der Waals surface area contributed by atoms with E-state index in [4.69, 9.17) is 18.9 Å². The molecule has 0 aromatic heterocycles. The predicted molar refractivity (Wildman–Crippen MR) is 140 cm³/mol. The van der Waals surface area contributed by atoms with Crippen molar-refractivity contribution in [2.24, 2.45) is 0 Å². The minimum atomic E-state index is -0.337. The van der Waals surface area contributed by atoms with Crippen LogP contribution in [0.1, 0.15) is 17.2 Å². The van der Waals surface area contributed by atoms with E-state index in [1.165, 1.54) is 12.0 Å². The van der Waals surface area contributed by atoms with Crippen molar-refractivity contribution in [3.8, 4) is 23.0 Å². The summed E-state index contributed by atoms with van der Waals surface area (Å²) in [6.45, 7) is -0.135. The number of carbonyl (C=O) groups excluding carboxylic acids is 2. The van der Waals surface area contributed by atoms with Crippen molar-refractivity contribution in [2.75, 3.05) is 45.2 Å². The Morgan fingerprint density at radius 1 is 0.917 bits per heavy atom. The number of nitrogens with zero attached hydrogens (tertiary/aromatic N) is 1. The largest absolute Gasteiger partial charge is 0.497 e. The summed E-state index contributed by atoms with van der Waals surface area (Å²) < 4.78 is 21.4. The number of nitrogens with one attached hydrogen (secondary N) is 1. The molecule has 4 rings (SSSR count). The second-order valence-corrected chi connectivity index (χ2v) is 9.23. The highest BCUT2D eigenvalue weighted by Gasteiger charge is 2.31. The lowest BCUT2D eigenvalue weighted by Crippen LogP contribution is -2.38. The van der Waals surface area contributed by atoms with E-state index in [1.807, 2.05) is 42.5 Å². The molecule has 0 saturated carbocycles. The Kier molecular flexibility index (Phi) is 7.90. The third-order valence-corrected chi connectivity index (χ3v) is 7.17. The molecule has 0 saturated heterocycles. The van der Waals surface area contributed by atoms with Gasteiger partial charge in [-0.15, -0.1) is 11.8 Å². The molecule has 188 valence electrons. The Morgan fingerprint density at radius 3 is 2.39 bits per heavy atom. The zero-order valence-electron chi connectivity index (χ0n) is 20.6. The van der Waals surface area contributed by atoms with Crippen LogP contribution in [-0.4, -0.2) is 46.8 Å². The zero-order chi connectivity index (χ0) is 25.7. The molecule has 0 bridgehead atoms.